The molecule has 1 N–H and O–H groups in total. The standard InChI is InChI=1S/C20H17N3O/c1-13-11-20(21-17-9-5-3-7-15(13)17)23-18(12-14(2)22-23)16-8-4-6-10-19(16)24/h3-12,24H,1-2H3. The average Bonchev–Trinajstić information content (AvgIpc) is 2.97. The van der Waals surface area contributed by atoms with Crippen molar-refractivity contribution in [2.24, 2.45) is 0 Å². The predicted molar refractivity (Wildman–Crippen MR) is 95.4 cm³/mol. The zero-order chi connectivity index (χ0) is 16.7. The molecule has 0 spiro atoms. The van der Waals surface area contributed by atoms with Crippen LogP contribution < -0.4 is 0 Å². The van der Waals surface area contributed by atoms with E-state index in [1.54, 1.807) is 10.7 Å². The largest absolute Gasteiger partial charge is 0.507 e. The van der Waals surface area contributed by atoms with Crippen LogP contribution in [0.5, 0.6) is 5.75 Å². The first-order chi connectivity index (χ1) is 11.6. The van der Waals surface area contributed by atoms with Gasteiger partial charge in [0.15, 0.2) is 5.82 Å². The molecule has 0 aliphatic rings. The second kappa shape index (κ2) is 5.49. The lowest BCUT2D eigenvalue weighted by Gasteiger charge is -2.10. The first-order valence-corrected chi connectivity index (χ1v) is 7.85. The number of aromatic nitrogens is 3. The van der Waals surface area contributed by atoms with E-state index in [-0.39, 0.29) is 5.75 Å². The van der Waals surface area contributed by atoms with Crippen molar-refractivity contribution in [3.05, 3.63) is 71.9 Å². The fourth-order valence-electron chi connectivity index (χ4n) is 3.00. The monoisotopic (exact) mass is 315 g/mol. The van der Waals surface area contributed by atoms with E-state index in [1.807, 2.05) is 55.5 Å². The summed E-state index contributed by atoms with van der Waals surface area (Å²) in [5, 5.41) is 15.9. The van der Waals surface area contributed by atoms with Crippen LogP contribution in [0.25, 0.3) is 28.0 Å². The van der Waals surface area contributed by atoms with Gasteiger partial charge in [0.05, 0.1) is 16.9 Å². The maximum atomic E-state index is 10.2. The highest BCUT2D eigenvalue weighted by Crippen LogP contribution is 2.31. The molecular formula is C20H17N3O. The Balaban J connectivity index is 1.97. The van der Waals surface area contributed by atoms with Crippen LogP contribution in [0.15, 0.2) is 60.7 Å². The molecule has 2 aromatic carbocycles. The zero-order valence-corrected chi connectivity index (χ0v) is 13.6. The van der Waals surface area contributed by atoms with Gasteiger partial charge in [0.2, 0.25) is 0 Å². The number of hydrogen-bond donors (Lipinski definition) is 1. The molecule has 0 amide bonds. The van der Waals surface area contributed by atoms with Crippen molar-refractivity contribution in [2.45, 2.75) is 13.8 Å². The molecule has 24 heavy (non-hydrogen) atoms. The molecule has 0 saturated heterocycles. The van der Waals surface area contributed by atoms with Crippen LogP contribution in [0.4, 0.5) is 0 Å². The van der Waals surface area contributed by atoms with Gasteiger partial charge in [-0.2, -0.15) is 5.10 Å². The molecule has 4 heteroatoms. The normalized spacial score (nSPS) is 11.1. The first-order valence-electron chi connectivity index (χ1n) is 7.85. The molecule has 0 aliphatic heterocycles. The van der Waals surface area contributed by atoms with E-state index in [1.165, 1.54) is 0 Å². The summed E-state index contributed by atoms with van der Waals surface area (Å²) >= 11 is 0. The van der Waals surface area contributed by atoms with E-state index in [0.717, 1.165) is 39.2 Å². The molecule has 0 saturated carbocycles. The van der Waals surface area contributed by atoms with Gasteiger partial charge in [-0.25, -0.2) is 9.67 Å². The van der Waals surface area contributed by atoms with Crippen molar-refractivity contribution in [3.8, 4) is 22.8 Å². The number of phenolic OH excluding ortho intramolecular Hbond substituents is 1. The van der Waals surface area contributed by atoms with E-state index < -0.39 is 0 Å². The third-order valence-electron chi connectivity index (χ3n) is 4.14. The minimum absolute atomic E-state index is 0.233. The summed E-state index contributed by atoms with van der Waals surface area (Å²) in [5.41, 5.74) is 4.52. The highest BCUT2D eigenvalue weighted by Gasteiger charge is 2.14. The van der Waals surface area contributed by atoms with Crippen molar-refractivity contribution < 1.29 is 5.11 Å². The Hall–Kier alpha value is -3.14. The maximum Gasteiger partial charge on any atom is 0.155 e. The van der Waals surface area contributed by atoms with Gasteiger partial charge in [0, 0.05) is 10.9 Å². The van der Waals surface area contributed by atoms with Crippen molar-refractivity contribution >= 4 is 10.9 Å². The molecule has 118 valence electrons. The lowest BCUT2D eigenvalue weighted by atomic mass is 10.1. The average molecular weight is 315 g/mol. The maximum absolute atomic E-state index is 10.2. The van der Waals surface area contributed by atoms with E-state index >= 15 is 0 Å². The molecule has 4 rings (SSSR count). The van der Waals surface area contributed by atoms with Gasteiger partial charge in [-0.1, -0.05) is 30.3 Å². The number of aromatic hydroxyl groups is 1. The van der Waals surface area contributed by atoms with E-state index in [4.69, 9.17) is 4.98 Å². The van der Waals surface area contributed by atoms with Gasteiger partial charge >= 0.3 is 0 Å². The molecule has 2 heterocycles. The number of rotatable bonds is 2. The third-order valence-corrected chi connectivity index (χ3v) is 4.14. The molecule has 0 fully saturated rings. The minimum Gasteiger partial charge on any atom is -0.507 e. The number of pyridine rings is 1. The topological polar surface area (TPSA) is 50.9 Å². The number of fused-ring (bicyclic) bond motifs is 1. The highest BCUT2D eigenvalue weighted by molar-refractivity contribution is 5.83. The quantitative estimate of drug-likeness (QED) is 0.596. The number of nitrogens with zero attached hydrogens (tertiary/aromatic N) is 3. The second-order valence-electron chi connectivity index (χ2n) is 5.91. The molecule has 0 bridgehead atoms. The number of para-hydroxylation sites is 2. The van der Waals surface area contributed by atoms with Crippen molar-refractivity contribution in [1.82, 2.24) is 14.8 Å². The van der Waals surface area contributed by atoms with E-state index in [2.05, 4.69) is 18.1 Å². The van der Waals surface area contributed by atoms with Gasteiger partial charge < -0.3 is 5.11 Å². The van der Waals surface area contributed by atoms with Crippen LogP contribution in [0.3, 0.4) is 0 Å². The van der Waals surface area contributed by atoms with Gasteiger partial charge in [-0.05, 0) is 49.7 Å². The number of phenols is 1. The summed E-state index contributed by atoms with van der Waals surface area (Å²) in [6, 6.07) is 19.3. The number of aryl methyl sites for hydroxylation is 2. The Labute approximate surface area is 140 Å². The molecule has 4 nitrogen and oxygen atoms in total. The lowest BCUT2D eigenvalue weighted by molar-refractivity contribution is 0.477. The Kier molecular flexibility index (Phi) is 3.31. The van der Waals surface area contributed by atoms with Crippen LogP contribution in [0, 0.1) is 13.8 Å². The Morgan fingerprint density at radius 1 is 0.917 bits per heavy atom. The van der Waals surface area contributed by atoms with Gasteiger partial charge in [-0.3, -0.25) is 0 Å². The predicted octanol–water partition coefficient (Wildman–Crippen LogP) is 4.41. The Morgan fingerprint density at radius 2 is 1.67 bits per heavy atom. The summed E-state index contributed by atoms with van der Waals surface area (Å²) in [6.07, 6.45) is 0. The summed E-state index contributed by atoms with van der Waals surface area (Å²) < 4.78 is 1.80. The van der Waals surface area contributed by atoms with E-state index in [9.17, 15) is 5.11 Å². The molecule has 0 aliphatic carbocycles. The molecule has 2 aromatic heterocycles. The smallest absolute Gasteiger partial charge is 0.155 e. The Bertz CT molecular complexity index is 1050. The van der Waals surface area contributed by atoms with Gasteiger partial charge in [0.25, 0.3) is 0 Å². The summed E-state index contributed by atoms with van der Waals surface area (Å²) in [5.74, 6) is 0.980. The summed E-state index contributed by atoms with van der Waals surface area (Å²) in [7, 11) is 0. The van der Waals surface area contributed by atoms with E-state index in [0.29, 0.717) is 0 Å². The molecule has 0 radical (unpaired) electrons. The molecule has 0 unspecified atom stereocenters. The van der Waals surface area contributed by atoms with Gasteiger partial charge in [0.1, 0.15) is 5.75 Å². The molecule has 0 atom stereocenters. The molecule has 4 aromatic rings. The fraction of sp³-hybridized carbons (Fsp3) is 0.100. The van der Waals surface area contributed by atoms with Crippen LogP contribution in [-0.2, 0) is 0 Å². The van der Waals surface area contributed by atoms with Crippen molar-refractivity contribution in [1.29, 1.82) is 0 Å². The fourth-order valence-corrected chi connectivity index (χ4v) is 3.00. The van der Waals surface area contributed by atoms with Gasteiger partial charge in [-0.15, -0.1) is 0 Å². The second-order valence-corrected chi connectivity index (χ2v) is 5.91. The first kappa shape index (κ1) is 14.5. The third kappa shape index (κ3) is 2.33. The molecular weight excluding hydrogens is 298 g/mol. The number of hydrogen-bond acceptors (Lipinski definition) is 3. The minimum atomic E-state index is 0.233. The van der Waals surface area contributed by atoms with Crippen molar-refractivity contribution in [3.63, 3.8) is 0 Å². The zero-order valence-electron chi connectivity index (χ0n) is 13.6. The lowest BCUT2D eigenvalue weighted by Crippen LogP contribution is -2.03. The number of benzene rings is 2. The van der Waals surface area contributed by atoms with Crippen LogP contribution in [0.2, 0.25) is 0 Å². The van der Waals surface area contributed by atoms with Crippen LogP contribution >= 0.6 is 0 Å². The summed E-state index contributed by atoms with van der Waals surface area (Å²) in [4.78, 5) is 4.75. The summed E-state index contributed by atoms with van der Waals surface area (Å²) in [6.45, 7) is 4.01. The van der Waals surface area contributed by atoms with Crippen molar-refractivity contribution in [2.75, 3.05) is 0 Å². The highest BCUT2D eigenvalue weighted by atomic mass is 16.3. The SMILES string of the molecule is Cc1cc(-c2ccccc2O)n(-c2cc(C)c3ccccc3n2)n1. The Morgan fingerprint density at radius 3 is 2.50 bits per heavy atom. The van der Waals surface area contributed by atoms with Crippen LogP contribution in [0.1, 0.15) is 11.3 Å². The van der Waals surface area contributed by atoms with Crippen LogP contribution in [-0.4, -0.2) is 19.9 Å².